The molecule has 4 nitrogen and oxygen atoms in total. The minimum atomic E-state index is 0.0490. The normalized spacial score (nSPS) is 21.9. The largest absolute Gasteiger partial charge is 0.394 e. The van der Waals surface area contributed by atoms with Crippen molar-refractivity contribution < 1.29 is 9.90 Å². The molecule has 1 saturated heterocycles. The highest BCUT2D eigenvalue weighted by molar-refractivity contribution is 5.76. The van der Waals surface area contributed by atoms with E-state index in [4.69, 9.17) is 5.73 Å². The summed E-state index contributed by atoms with van der Waals surface area (Å²) in [6, 6.07) is 0.0490. The standard InChI is InChI=1S/C12H24N2O2/c13-8-4-3-7-12(16)14-9-5-1-2-6-11(14)10-15/h11,15H,1-10,13H2. The number of carbonyl (C=O) groups excluding carboxylic acids is 1. The van der Waals surface area contributed by atoms with Crippen LogP contribution in [0.15, 0.2) is 0 Å². The van der Waals surface area contributed by atoms with Gasteiger partial charge in [-0.25, -0.2) is 0 Å². The molecule has 1 atom stereocenters. The average Bonchev–Trinajstić information content (AvgIpc) is 2.54. The maximum Gasteiger partial charge on any atom is 0.222 e. The highest BCUT2D eigenvalue weighted by Gasteiger charge is 2.23. The van der Waals surface area contributed by atoms with Crippen LogP contribution in [0.2, 0.25) is 0 Å². The van der Waals surface area contributed by atoms with Gasteiger partial charge in [0.25, 0.3) is 0 Å². The van der Waals surface area contributed by atoms with Gasteiger partial charge in [-0.05, 0) is 32.2 Å². The lowest BCUT2D eigenvalue weighted by atomic mass is 10.1. The first kappa shape index (κ1) is 13.5. The maximum absolute atomic E-state index is 12.0. The number of hydrogen-bond acceptors (Lipinski definition) is 3. The molecule has 0 aliphatic carbocycles. The highest BCUT2D eigenvalue weighted by atomic mass is 16.3. The molecule has 1 fully saturated rings. The molecule has 1 unspecified atom stereocenters. The van der Waals surface area contributed by atoms with Gasteiger partial charge >= 0.3 is 0 Å². The minimum Gasteiger partial charge on any atom is -0.394 e. The topological polar surface area (TPSA) is 66.6 Å². The Balaban J connectivity index is 2.42. The Bertz CT molecular complexity index is 209. The zero-order valence-electron chi connectivity index (χ0n) is 10.0. The second kappa shape index (κ2) is 7.63. The van der Waals surface area contributed by atoms with Gasteiger partial charge < -0.3 is 15.7 Å². The number of nitrogens with zero attached hydrogens (tertiary/aromatic N) is 1. The lowest BCUT2D eigenvalue weighted by Gasteiger charge is -2.28. The lowest BCUT2D eigenvalue weighted by molar-refractivity contribution is -0.134. The van der Waals surface area contributed by atoms with Crippen LogP contribution >= 0.6 is 0 Å². The Morgan fingerprint density at radius 3 is 2.81 bits per heavy atom. The molecular formula is C12H24N2O2. The summed E-state index contributed by atoms with van der Waals surface area (Å²) in [6.45, 7) is 1.56. The third-order valence-corrected chi connectivity index (χ3v) is 3.25. The monoisotopic (exact) mass is 228 g/mol. The second-order valence-corrected chi connectivity index (χ2v) is 4.52. The van der Waals surface area contributed by atoms with Gasteiger partial charge in [-0.3, -0.25) is 4.79 Å². The van der Waals surface area contributed by atoms with Crippen LogP contribution in [0.4, 0.5) is 0 Å². The van der Waals surface area contributed by atoms with E-state index in [1.54, 1.807) is 0 Å². The fourth-order valence-corrected chi connectivity index (χ4v) is 2.26. The zero-order valence-corrected chi connectivity index (χ0v) is 10.0. The SMILES string of the molecule is NCCCCC(=O)N1CCCCCC1CO. The van der Waals surface area contributed by atoms with Crippen LogP contribution in [-0.2, 0) is 4.79 Å². The highest BCUT2D eigenvalue weighted by Crippen LogP contribution is 2.17. The first-order valence-corrected chi connectivity index (χ1v) is 6.40. The number of likely N-dealkylation sites (tertiary alicyclic amines) is 1. The van der Waals surface area contributed by atoms with Crippen LogP contribution in [0.25, 0.3) is 0 Å². The van der Waals surface area contributed by atoms with Gasteiger partial charge in [0.05, 0.1) is 12.6 Å². The van der Waals surface area contributed by atoms with Crippen molar-refractivity contribution in [1.29, 1.82) is 0 Å². The molecule has 94 valence electrons. The van der Waals surface area contributed by atoms with Crippen molar-refractivity contribution in [2.75, 3.05) is 19.7 Å². The Labute approximate surface area is 97.8 Å². The summed E-state index contributed by atoms with van der Waals surface area (Å²) >= 11 is 0. The molecule has 0 aromatic rings. The minimum absolute atomic E-state index is 0.0490. The van der Waals surface area contributed by atoms with Gasteiger partial charge in [0, 0.05) is 13.0 Å². The molecule has 0 aromatic heterocycles. The van der Waals surface area contributed by atoms with Crippen molar-refractivity contribution in [2.45, 2.75) is 51.0 Å². The molecule has 0 aromatic carbocycles. The fraction of sp³-hybridized carbons (Fsp3) is 0.917. The third-order valence-electron chi connectivity index (χ3n) is 3.25. The van der Waals surface area contributed by atoms with E-state index in [-0.39, 0.29) is 18.6 Å². The summed E-state index contributed by atoms with van der Waals surface area (Å²) in [5.41, 5.74) is 5.41. The van der Waals surface area contributed by atoms with E-state index in [1.807, 2.05) is 4.90 Å². The molecule has 0 bridgehead atoms. The quantitative estimate of drug-likeness (QED) is 0.686. The van der Waals surface area contributed by atoms with E-state index >= 15 is 0 Å². The van der Waals surface area contributed by atoms with Crippen molar-refractivity contribution in [3.05, 3.63) is 0 Å². The Morgan fingerprint density at radius 2 is 2.12 bits per heavy atom. The molecule has 1 amide bonds. The molecule has 1 rings (SSSR count). The second-order valence-electron chi connectivity index (χ2n) is 4.52. The average molecular weight is 228 g/mol. The van der Waals surface area contributed by atoms with Crippen molar-refractivity contribution in [2.24, 2.45) is 5.73 Å². The molecule has 1 aliphatic rings. The van der Waals surface area contributed by atoms with Gasteiger partial charge in [-0.2, -0.15) is 0 Å². The van der Waals surface area contributed by atoms with Gasteiger partial charge in [0.15, 0.2) is 0 Å². The predicted octanol–water partition coefficient (Wildman–Crippen LogP) is 0.879. The Hall–Kier alpha value is -0.610. The number of nitrogens with two attached hydrogens (primary N) is 1. The van der Waals surface area contributed by atoms with Crippen LogP contribution in [0.5, 0.6) is 0 Å². The molecule has 0 radical (unpaired) electrons. The predicted molar refractivity (Wildman–Crippen MR) is 64.0 cm³/mol. The van der Waals surface area contributed by atoms with E-state index in [2.05, 4.69) is 0 Å². The summed E-state index contributed by atoms with van der Waals surface area (Å²) in [7, 11) is 0. The number of rotatable bonds is 5. The molecule has 0 saturated carbocycles. The summed E-state index contributed by atoms with van der Waals surface area (Å²) in [5, 5.41) is 9.29. The third kappa shape index (κ3) is 4.10. The van der Waals surface area contributed by atoms with Crippen molar-refractivity contribution in [3.8, 4) is 0 Å². The van der Waals surface area contributed by atoms with E-state index in [1.165, 1.54) is 6.42 Å². The van der Waals surface area contributed by atoms with E-state index < -0.39 is 0 Å². The van der Waals surface area contributed by atoms with Crippen LogP contribution in [-0.4, -0.2) is 41.7 Å². The summed E-state index contributed by atoms with van der Waals surface area (Å²) in [4.78, 5) is 13.8. The molecule has 0 spiro atoms. The Morgan fingerprint density at radius 1 is 1.31 bits per heavy atom. The number of aliphatic hydroxyl groups is 1. The maximum atomic E-state index is 12.0. The smallest absolute Gasteiger partial charge is 0.222 e. The molecular weight excluding hydrogens is 204 g/mol. The van der Waals surface area contributed by atoms with Crippen molar-refractivity contribution in [3.63, 3.8) is 0 Å². The van der Waals surface area contributed by atoms with E-state index in [0.717, 1.165) is 38.6 Å². The van der Waals surface area contributed by atoms with E-state index in [0.29, 0.717) is 13.0 Å². The first-order valence-electron chi connectivity index (χ1n) is 6.40. The molecule has 3 N–H and O–H groups in total. The van der Waals surface area contributed by atoms with Crippen LogP contribution in [0, 0.1) is 0 Å². The summed E-state index contributed by atoms with van der Waals surface area (Å²) in [5.74, 6) is 0.189. The van der Waals surface area contributed by atoms with Gasteiger partial charge in [-0.1, -0.05) is 12.8 Å². The molecule has 1 heterocycles. The number of amides is 1. The van der Waals surface area contributed by atoms with Gasteiger partial charge in [0.1, 0.15) is 0 Å². The van der Waals surface area contributed by atoms with Crippen molar-refractivity contribution in [1.82, 2.24) is 4.90 Å². The van der Waals surface area contributed by atoms with Crippen LogP contribution in [0.3, 0.4) is 0 Å². The van der Waals surface area contributed by atoms with Crippen molar-refractivity contribution >= 4 is 5.91 Å². The summed E-state index contributed by atoms with van der Waals surface area (Å²) in [6.07, 6.45) is 6.65. The van der Waals surface area contributed by atoms with Gasteiger partial charge in [0.2, 0.25) is 5.91 Å². The zero-order chi connectivity index (χ0) is 11.8. The molecule has 1 aliphatic heterocycles. The van der Waals surface area contributed by atoms with E-state index in [9.17, 15) is 9.90 Å². The Kier molecular flexibility index (Phi) is 6.42. The summed E-state index contributed by atoms with van der Waals surface area (Å²) < 4.78 is 0. The molecule has 4 heteroatoms. The number of aliphatic hydroxyl groups excluding tert-OH is 1. The molecule has 16 heavy (non-hydrogen) atoms. The fourth-order valence-electron chi connectivity index (χ4n) is 2.26. The first-order chi connectivity index (χ1) is 7.79. The van der Waals surface area contributed by atoms with Gasteiger partial charge in [-0.15, -0.1) is 0 Å². The lowest BCUT2D eigenvalue weighted by Crippen LogP contribution is -2.42. The number of unbranched alkanes of at least 4 members (excludes halogenated alkanes) is 1. The number of hydrogen-bond donors (Lipinski definition) is 2. The van der Waals surface area contributed by atoms with Crippen LogP contribution < -0.4 is 5.73 Å². The van der Waals surface area contributed by atoms with Crippen LogP contribution in [0.1, 0.15) is 44.9 Å². The number of carbonyl (C=O) groups is 1.